The Bertz CT molecular complexity index is 735. The Morgan fingerprint density at radius 3 is 2.26 bits per heavy atom. The quantitative estimate of drug-likeness (QED) is 0.571. The summed E-state index contributed by atoms with van der Waals surface area (Å²) in [6.07, 6.45) is -2.58. The van der Waals surface area contributed by atoms with Gasteiger partial charge in [0.25, 0.3) is 0 Å². The standard InChI is InChI=1S/C19H23NO7/c1-11(21)25-16-10-24-19(18(27-13(3)23)17(16)26-12(2)22)20-9-8-14-6-4-5-7-15(14)20/h4-7,16-19H,8-10H2,1-3H3/t16-,17+,18+,19-/m0/s1. The van der Waals surface area contributed by atoms with Crippen molar-refractivity contribution < 1.29 is 33.3 Å². The Balaban J connectivity index is 1.92. The fourth-order valence-electron chi connectivity index (χ4n) is 3.62. The maximum absolute atomic E-state index is 11.7. The monoisotopic (exact) mass is 377 g/mol. The maximum Gasteiger partial charge on any atom is 0.303 e. The summed E-state index contributed by atoms with van der Waals surface area (Å²) < 4.78 is 22.1. The molecule has 2 aliphatic heterocycles. The van der Waals surface area contributed by atoms with Gasteiger partial charge in [-0.3, -0.25) is 14.4 Å². The number of benzene rings is 1. The van der Waals surface area contributed by atoms with Crippen LogP contribution in [0, 0.1) is 0 Å². The predicted octanol–water partition coefficient (Wildman–Crippen LogP) is 1.20. The van der Waals surface area contributed by atoms with Crippen molar-refractivity contribution in [1.82, 2.24) is 0 Å². The molecule has 0 aliphatic carbocycles. The average molecular weight is 377 g/mol. The van der Waals surface area contributed by atoms with Crippen LogP contribution in [-0.2, 0) is 39.8 Å². The molecule has 0 bridgehead atoms. The molecule has 0 saturated carbocycles. The highest BCUT2D eigenvalue weighted by Crippen LogP contribution is 2.35. The van der Waals surface area contributed by atoms with Gasteiger partial charge in [-0.15, -0.1) is 0 Å². The third-order valence-electron chi connectivity index (χ3n) is 4.55. The van der Waals surface area contributed by atoms with Crippen LogP contribution in [0.15, 0.2) is 24.3 Å². The fraction of sp³-hybridized carbons (Fsp3) is 0.526. The third-order valence-corrected chi connectivity index (χ3v) is 4.55. The molecule has 0 N–H and O–H groups in total. The molecule has 2 heterocycles. The zero-order valence-electron chi connectivity index (χ0n) is 15.5. The van der Waals surface area contributed by atoms with Crippen molar-refractivity contribution in [2.75, 3.05) is 18.1 Å². The second-order valence-electron chi connectivity index (χ2n) is 6.59. The van der Waals surface area contributed by atoms with Gasteiger partial charge in [0.2, 0.25) is 0 Å². The summed E-state index contributed by atoms with van der Waals surface area (Å²) >= 11 is 0. The van der Waals surface area contributed by atoms with Gasteiger partial charge in [0.1, 0.15) is 0 Å². The van der Waals surface area contributed by atoms with Gasteiger partial charge in [-0.1, -0.05) is 18.2 Å². The largest absolute Gasteiger partial charge is 0.456 e. The van der Waals surface area contributed by atoms with E-state index >= 15 is 0 Å². The second-order valence-corrected chi connectivity index (χ2v) is 6.59. The SMILES string of the molecule is CC(=O)O[C@@H]1[C@H](OC(C)=O)[C@@H](OC(C)=O)CO[C@@H]1N1CCc2ccccc21. The summed E-state index contributed by atoms with van der Waals surface area (Å²) in [5.74, 6) is -1.63. The minimum absolute atomic E-state index is 0.0264. The Kier molecular flexibility index (Phi) is 5.65. The van der Waals surface area contributed by atoms with Gasteiger partial charge in [0.15, 0.2) is 24.5 Å². The van der Waals surface area contributed by atoms with Crippen LogP contribution >= 0.6 is 0 Å². The summed E-state index contributed by atoms with van der Waals surface area (Å²) in [6, 6.07) is 7.89. The molecule has 0 amide bonds. The molecule has 0 spiro atoms. The smallest absolute Gasteiger partial charge is 0.303 e. The molecule has 1 aromatic carbocycles. The summed E-state index contributed by atoms with van der Waals surface area (Å²) in [6.45, 7) is 4.49. The van der Waals surface area contributed by atoms with E-state index in [4.69, 9.17) is 18.9 Å². The van der Waals surface area contributed by atoms with E-state index in [9.17, 15) is 14.4 Å². The van der Waals surface area contributed by atoms with Crippen LogP contribution in [0.3, 0.4) is 0 Å². The van der Waals surface area contributed by atoms with Crippen LogP contribution < -0.4 is 4.90 Å². The van der Waals surface area contributed by atoms with E-state index < -0.39 is 42.4 Å². The number of rotatable bonds is 4. The van der Waals surface area contributed by atoms with E-state index in [1.165, 1.54) is 20.8 Å². The van der Waals surface area contributed by atoms with Crippen LogP contribution in [0.4, 0.5) is 5.69 Å². The molecule has 1 fully saturated rings. The van der Waals surface area contributed by atoms with Gasteiger partial charge in [-0.2, -0.15) is 0 Å². The molecule has 0 radical (unpaired) electrons. The number of anilines is 1. The zero-order valence-corrected chi connectivity index (χ0v) is 15.5. The molecule has 1 aromatic rings. The number of esters is 3. The van der Waals surface area contributed by atoms with Gasteiger partial charge in [0, 0.05) is 33.0 Å². The molecule has 3 rings (SSSR count). The summed E-state index contributed by atoms with van der Waals surface area (Å²) in [7, 11) is 0. The van der Waals surface area contributed by atoms with E-state index in [1.54, 1.807) is 0 Å². The van der Waals surface area contributed by atoms with Crippen molar-refractivity contribution in [2.24, 2.45) is 0 Å². The Labute approximate surface area is 157 Å². The first-order valence-corrected chi connectivity index (χ1v) is 8.84. The number of ether oxygens (including phenoxy) is 4. The summed E-state index contributed by atoms with van der Waals surface area (Å²) in [5, 5.41) is 0. The van der Waals surface area contributed by atoms with Gasteiger partial charge < -0.3 is 23.8 Å². The van der Waals surface area contributed by atoms with Crippen LogP contribution in [0.2, 0.25) is 0 Å². The van der Waals surface area contributed by atoms with Crippen LogP contribution in [0.5, 0.6) is 0 Å². The number of carbonyl (C=O) groups excluding carboxylic acids is 3. The second kappa shape index (κ2) is 7.96. The Morgan fingerprint density at radius 2 is 1.59 bits per heavy atom. The van der Waals surface area contributed by atoms with Gasteiger partial charge in [0.05, 0.1) is 6.61 Å². The molecule has 1 saturated heterocycles. The molecule has 27 heavy (non-hydrogen) atoms. The van der Waals surface area contributed by atoms with Crippen LogP contribution in [0.25, 0.3) is 0 Å². The van der Waals surface area contributed by atoms with Crippen molar-refractivity contribution in [3.05, 3.63) is 29.8 Å². The predicted molar refractivity (Wildman–Crippen MR) is 93.9 cm³/mol. The molecular formula is C19H23NO7. The van der Waals surface area contributed by atoms with Crippen LogP contribution in [0.1, 0.15) is 26.3 Å². The first-order valence-electron chi connectivity index (χ1n) is 8.84. The lowest BCUT2D eigenvalue weighted by molar-refractivity contribution is -0.225. The lowest BCUT2D eigenvalue weighted by Crippen LogP contribution is -2.62. The fourth-order valence-corrected chi connectivity index (χ4v) is 3.62. The minimum Gasteiger partial charge on any atom is -0.456 e. The van der Waals surface area contributed by atoms with E-state index in [2.05, 4.69) is 0 Å². The summed E-state index contributed by atoms with van der Waals surface area (Å²) in [5.41, 5.74) is 2.14. The number of para-hydroxylation sites is 1. The highest BCUT2D eigenvalue weighted by Gasteiger charge is 2.49. The lowest BCUT2D eigenvalue weighted by Gasteiger charge is -2.44. The minimum atomic E-state index is -0.957. The lowest BCUT2D eigenvalue weighted by atomic mass is 10.0. The van der Waals surface area contributed by atoms with Gasteiger partial charge in [-0.25, -0.2) is 0 Å². The topological polar surface area (TPSA) is 91.4 Å². The van der Waals surface area contributed by atoms with E-state index in [1.807, 2.05) is 29.2 Å². The molecule has 2 aliphatic rings. The van der Waals surface area contributed by atoms with Crippen molar-refractivity contribution in [3.63, 3.8) is 0 Å². The van der Waals surface area contributed by atoms with Crippen molar-refractivity contribution >= 4 is 23.6 Å². The van der Waals surface area contributed by atoms with E-state index in [0.29, 0.717) is 6.54 Å². The molecule has 0 aromatic heterocycles. The Hall–Kier alpha value is -2.61. The van der Waals surface area contributed by atoms with Crippen molar-refractivity contribution in [3.8, 4) is 0 Å². The highest BCUT2D eigenvalue weighted by molar-refractivity contribution is 5.68. The maximum atomic E-state index is 11.7. The zero-order chi connectivity index (χ0) is 19.6. The molecule has 8 nitrogen and oxygen atoms in total. The molecular weight excluding hydrogens is 354 g/mol. The number of fused-ring (bicyclic) bond motifs is 1. The van der Waals surface area contributed by atoms with Crippen LogP contribution in [-0.4, -0.2) is 55.6 Å². The molecule has 4 atom stereocenters. The average Bonchev–Trinajstić information content (AvgIpc) is 3.00. The number of nitrogens with zero attached hydrogens (tertiary/aromatic N) is 1. The molecule has 8 heteroatoms. The van der Waals surface area contributed by atoms with Gasteiger partial charge in [-0.05, 0) is 18.1 Å². The van der Waals surface area contributed by atoms with E-state index in [-0.39, 0.29) is 6.61 Å². The Morgan fingerprint density at radius 1 is 0.963 bits per heavy atom. The number of carbonyl (C=O) groups is 3. The number of hydrogen-bond acceptors (Lipinski definition) is 8. The van der Waals surface area contributed by atoms with E-state index in [0.717, 1.165) is 17.7 Å². The number of hydrogen-bond donors (Lipinski definition) is 0. The first kappa shape index (κ1) is 19.2. The third kappa shape index (κ3) is 4.21. The first-order chi connectivity index (χ1) is 12.9. The van der Waals surface area contributed by atoms with Gasteiger partial charge >= 0.3 is 17.9 Å². The molecule has 146 valence electrons. The highest BCUT2D eigenvalue weighted by atomic mass is 16.6. The molecule has 0 unspecified atom stereocenters. The summed E-state index contributed by atoms with van der Waals surface area (Å²) in [4.78, 5) is 36.8. The van der Waals surface area contributed by atoms with Crippen molar-refractivity contribution in [1.29, 1.82) is 0 Å². The normalized spacial score (nSPS) is 26.9. The van der Waals surface area contributed by atoms with Crippen molar-refractivity contribution in [2.45, 2.75) is 51.7 Å².